The molecule has 0 aromatic heterocycles. The molecule has 1 aromatic rings. The average molecular weight is 271 g/mol. The van der Waals surface area contributed by atoms with Crippen LogP contribution in [0.1, 0.15) is 68.9 Å². The molecule has 2 atom stereocenters. The molecule has 0 amide bonds. The first-order valence-corrected chi connectivity index (χ1v) is 8.61. The lowest BCUT2D eigenvalue weighted by molar-refractivity contribution is 0.267. The number of rotatable bonds is 6. The second kappa shape index (κ2) is 6.76. The zero-order valence-corrected chi connectivity index (χ0v) is 12.9. The van der Waals surface area contributed by atoms with E-state index in [-0.39, 0.29) is 0 Å². The summed E-state index contributed by atoms with van der Waals surface area (Å²) in [6.45, 7) is 4.63. The summed E-state index contributed by atoms with van der Waals surface area (Å²) in [6.07, 6.45) is 9.99. The smallest absolute Gasteiger partial charge is 0.0205 e. The molecule has 0 saturated heterocycles. The van der Waals surface area contributed by atoms with Crippen LogP contribution in [0.25, 0.3) is 0 Å². The Morgan fingerprint density at radius 3 is 2.55 bits per heavy atom. The zero-order valence-electron chi connectivity index (χ0n) is 12.9. The first-order valence-electron chi connectivity index (χ1n) is 8.61. The Bertz CT molecular complexity index is 404. The Balaban J connectivity index is 1.34. The van der Waals surface area contributed by atoms with Crippen molar-refractivity contribution < 1.29 is 0 Å². The van der Waals surface area contributed by atoms with Gasteiger partial charge in [-0.1, -0.05) is 50.5 Å². The van der Waals surface area contributed by atoms with Gasteiger partial charge in [-0.3, -0.25) is 0 Å². The van der Waals surface area contributed by atoms with E-state index < -0.39 is 0 Å². The first-order chi connectivity index (χ1) is 9.81. The second-order valence-corrected chi connectivity index (χ2v) is 7.12. The predicted molar refractivity (Wildman–Crippen MR) is 85.9 cm³/mol. The fraction of sp³-hybridized carbons (Fsp3) is 0.684. The molecule has 0 spiro atoms. The molecule has 2 saturated carbocycles. The quantitative estimate of drug-likeness (QED) is 0.728. The Kier molecular flexibility index (Phi) is 4.77. The van der Waals surface area contributed by atoms with Crippen LogP contribution in [0.2, 0.25) is 0 Å². The molecule has 3 rings (SSSR count). The van der Waals surface area contributed by atoms with Gasteiger partial charge >= 0.3 is 0 Å². The summed E-state index contributed by atoms with van der Waals surface area (Å²) in [5.41, 5.74) is 2.98. The van der Waals surface area contributed by atoms with Crippen LogP contribution in [-0.2, 0) is 6.54 Å². The van der Waals surface area contributed by atoms with Gasteiger partial charge in [-0.15, -0.1) is 0 Å². The van der Waals surface area contributed by atoms with E-state index >= 15 is 0 Å². The van der Waals surface area contributed by atoms with E-state index in [1.165, 1.54) is 57.1 Å². The van der Waals surface area contributed by atoms with E-state index in [4.69, 9.17) is 0 Å². The van der Waals surface area contributed by atoms with Crippen molar-refractivity contribution in [2.24, 2.45) is 11.8 Å². The summed E-state index contributed by atoms with van der Waals surface area (Å²) < 4.78 is 0. The van der Waals surface area contributed by atoms with Gasteiger partial charge in [0.1, 0.15) is 0 Å². The maximum Gasteiger partial charge on any atom is 0.0205 e. The highest BCUT2D eigenvalue weighted by atomic mass is 14.8. The zero-order chi connectivity index (χ0) is 13.8. The summed E-state index contributed by atoms with van der Waals surface area (Å²) >= 11 is 0. The molecule has 0 heterocycles. The number of nitrogens with one attached hydrogen (secondary N) is 1. The van der Waals surface area contributed by atoms with Gasteiger partial charge in [0.25, 0.3) is 0 Å². The third-order valence-electron chi connectivity index (χ3n) is 5.13. The summed E-state index contributed by atoms with van der Waals surface area (Å²) in [5.74, 6) is 2.82. The lowest BCUT2D eigenvalue weighted by Gasteiger charge is -2.26. The summed E-state index contributed by atoms with van der Waals surface area (Å²) in [5, 5.41) is 3.63. The van der Waals surface area contributed by atoms with E-state index in [0.717, 1.165) is 24.3 Å². The van der Waals surface area contributed by atoms with Crippen LogP contribution in [0.5, 0.6) is 0 Å². The van der Waals surface area contributed by atoms with Gasteiger partial charge in [0.15, 0.2) is 0 Å². The molecule has 2 aliphatic rings. The standard InChI is InChI=1S/C19H29N/c1-15-3-2-4-16(13-15)11-12-20-14-17-5-7-18(8-6-17)19-9-10-19/h5-8,15-16,19-20H,2-4,9-14H2,1H3. The molecule has 1 N–H and O–H groups in total. The summed E-state index contributed by atoms with van der Waals surface area (Å²) in [7, 11) is 0. The Labute approximate surface area is 124 Å². The molecule has 2 aliphatic carbocycles. The lowest BCUT2D eigenvalue weighted by atomic mass is 9.81. The topological polar surface area (TPSA) is 12.0 Å². The van der Waals surface area contributed by atoms with Crippen molar-refractivity contribution in [1.82, 2.24) is 5.32 Å². The number of hydrogen-bond acceptors (Lipinski definition) is 1. The third-order valence-corrected chi connectivity index (χ3v) is 5.13. The SMILES string of the molecule is CC1CCCC(CCNCc2ccc(C3CC3)cc2)C1. The molecular weight excluding hydrogens is 242 g/mol. The van der Waals surface area contributed by atoms with Crippen molar-refractivity contribution in [1.29, 1.82) is 0 Å². The largest absolute Gasteiger partial charge is 0.313 e. The summed E-state index contributed by atoms with van der Waals surface area (Å²) in [6, 6.07) is 9.28. The molecule has 1 heteroatoms. The maximum atomic E-state index is 3.63. The molecule has 2 fully saturated rings. The highest BCUT2D eigenvalue weighted by molar-refractivity contribution is 5.27. The predicted octanol–water partition coefficient (Wildman–Crippen LogP) is 4.87. The van der Waals surface area contributed by atoms with Gasteiger partial charge in [0, 0.05) is 6.54 Å². The summed E-state index contributed by atoms with van der Waals surface area (Å²) in [4.78, 5) is 0. The average Bonchev–Trinajstić information content (AvgIpc) is 3.29. The molecule has 20 heavy (non-hydrogen) atoms. The van der Waals surface area contributed by atoms with Crippen molar-refractivity contribution in [3.63, 3.8) is 0 Å². The van der Waals surface area contributed by atoms with Gasteiger partial charge in [0.05, 0.1) is 0 Å². The second-order valence-electron chi connectivity index (χ2n) is 7.12. The minimum absolute atomic E-state index is 0.880. The van der Waals surface area contributed by atoms with Crippen molar-refractivity contribution in [3.8, 4) is 0 Å². The number of benzene rings is 1. The molecule has 1 nitrogen and oxygen atoms in total. The van der Waals surface area contributed by atoms with Crippen molar-refractivity contribution in [2.45, 2.75) is 64.3 Å². The van der Waals surface area contributed by atoms with E-state index in [1.807, 2.05) is 0 Å². The molecule has 1 aromatic carbocycles. The fourth-order valence-corrected chi connectivity index (χ4v) is 3.69. The van der Waals surface area contributed by atoms with E-state index in [2.05, 4.69) is 36.5 Å². The normalized spacial score (nSPS) is 26.6. The molecule has 2 unspecified atom stereocenters. The Morgan fingerprint density at radius 2 is 1.85 bits per heavy atom. The van der Waals surface area contributed by atoms with Crippen LogP contribution in [-0.4, -0.2) is 6.54 Å². The van der Waals surface area contributed by atoms with Crippen molar-refractivity contribution in [3.05, 3.63) is 35.4 Å². The third kappa shape index (κ3) is 4.09. The van der Waals surface area contributed by atoms with E-state index in [0.29, 0.717) is 0 Å². The monoisotopic (exact) mass is 271 g/mol. The molecule has 0 radical (unpaired) electrons. The van der Waals surface area contributed by atoms with Crippen LogP contribution in [0.15, 0.2) is 24.3 Å². The van der Waals surface area contributed by atoms with Gasteiger partial charge in [-0.2, -0.15) is 0 Å². The molecule has 110 valence electrons. The fourth-order valence-electron chi connectivity index (χ4n) is 3.69. The maximum absolute atomic E-state index is 3.63. The molecular formula is C19H29N. The highest BCUT2D eigenvalue weighted by Crippen LogP contribution is 2.39. The van der Waals surface area contributed by atoms with Crippen LogP contribution < -0.4 is 5.32 Å². The van der Waals surface area contributed by atoms with Gasteiger partial charge in [-0.05, 0) is 61.1 Å². The van der Waals surface area contributed by atoms with Crippen LogP contribution in [0.4, 0.5) is 0 Å². The van der Waals surface area contributed by atoms with Gasteiger partial charge < -0.3 is 5.32 Å². The minimum Gasteiger partial charge on any atom is -0.313 e. The lowest BCUT2D eigenvalue weighted by Crippen LogP contribution is -2.21. The van der Waals surface area contributed by atoms with Gasteiger partial charge in [0.2, 0.25) is 0 Å². The van der Waals surface area contributed by atoms with Crippen LogP contribution in [0.3, 0.4) is 0 Å². The molecule has 0 bridgehead atoms. The molecule has 0 aliphatic heterocycles. The van der Waals surface area contributed by atoms with Crippen molar-refractivity contribution in [2.75, 3.05) is 6.54 Å². The van der Waals surface area contributed by atoms with Gasteiger partial charge in [-0.25, -0.2) is 0 Å². The minimum atomic E-state index is 0.880. The number of hydrogen-bond donors (Lipinski definition) is 1. The van der Waals surface area contributed by atoms with Crippen LogP contribution >= 0.6 is 0 Å². The first kappa shape index (κ1) is 14.1. The van der Waals surface area contributed by atoms with E-state index in [1.54, 1.807) is 5.56 Å². The van der Waals surface area contributed by atoms with Crippen molar-refractivity contribution >= 4 is 0 Å². The Hall–Kier alpha value is -0.820. The highest BCUT2D eigenvalue weighted by Gasteiger charge is 2.22. The van der Waals surface area contributed by atoms with Crippen LogP contribution in [0, 0.1) is 11.8 Å². The van der Waals surface area contributed by atoms with E-state index in [9.17, 15) is 0 Å². The Morgan fingerprint density at radius 1 is 1.05 bits per heavy atom.